The van der Waals surface area contributed by atoms with E-state index in [9.17, 15) is 13.2 Å². The van der Waals surface area contributed by atoms with Crippen molar-refractivity contribution in [3.05, 3.63) is 29.3 Å². The molecule has 0 aromatic heterocycles. The van der Waals surface area contributed by atoms with Crippen molar-refractivity contribution in [1.29, 1.82) is 0 Å². The summed E-state index contributed by atoms with van der Waals surface area (Å²) < 4.78 is 27.6. The number of carbonyl (C=O) groups excluding carboxylic acids is 1. The maximum Gasteiger partial charge on any atom is 0.251 e. The fraction of sp³-hybridized carbons (Fsp3) is 0.650. The lowest BCUT2D eigenvalue weighted by molar-refractivity contribution is 0.0797. The average molecular weight is 394 g/mol. The van der Waals surface area contributed by atoms with E-state index >= 15 is 0 Å². The lowest BCUT2D eigenvalue weighted by atomic mass is 9.98. The Balaban J connectivity index is 1.69. The van der Waals surface area contributed by atoms with Crippen LogP contribution in [0.25, 0.3) is 0 Å². The van der Waals surface area contributed by atoms with Crippen molar-refractivity contribution in [2.24, 2.45) is 0 Å². The number of sulfonamides is 1. The number of aryl methyl sites for hydroxylation is 1. The van der Waals surface area contributed by atoms with E-state index in [-0.39, 0.29) is 22.4 Å². The summed E-state index contributed by atoms with van der Waals surface area (Å²) in [5, 5.41) is 3.01. The largest absolute Gasteiger partial charge is 0.350 e. The Morgan fingerprint density at radius 1 is 1.19 bits per heavy atom. The summed E-state index contributed by atoms with van der Waals surface area (Å²) >= 11 is 0. The summed E-state index contributed by atoms with van der Waals surface area (Å²) in [6.45, 7) is 8.76. The second-order valence-corrected chi connectivity index (χ2v) is 10.1. The van der Waals surface area contributed by atoms with Crippen LogP contribution in [-0.4, -0.2) is 50.4 Å². The highest BCUT2D eigenvalue weighted by molar-refractivity contribution is 7.89. The van der Waals surface area contributed by atoms with Gasteiger partial charge in [0.1, 0.15) is 0 Å². The second kappa shape index (κ2) is 7.89. The molecule has 0 unspecified atom stereocenters. The Morgan fingerprint density at radius 2 is 1.85 bits per heavy atom. The highest BCUT2D eigenvalue weighted by Gasteiger charge is 2.30. The number of amides is 1. The van der Waals surface area contributed by atoms with Crippen molar-refractivity contribution in [1.82, 2.24) is 14.9 Å². The van der Waals surface area contributed by atoms with E-state index in [1.54, 1.807) is 12.1 Å². The van der Waals surface area contributed by atoms with Gasteiger partial charge in [-0.3, -0.25) is 9.69 Å². The molecule has 6 nitrogen and oxygen atoms in total. The first-order chi connectivity index (χ1) is 12.7. The summed E-state index contributed by atoms with van der Waals surface area (Å²) in [6.07, 6.45) is 5.43. The maximum atomic E-state index is 12.8. The zero-order valence-corrected chi connectivity index (χ0v) is 17.4. The summed E-state index contributed by atoms with van der Waals surface area (Å²) in [4.78, 5) is 15.3. The molecule has 1 amide bonds. The van der Waals surface area contributed by atoms with Gasteiger partial charge in [0.25, 0.3) is 5.91 Å². The van der Waals surface area contributed by atoms with Crippen molar-refractivity contribution in [2.75, 3.05) is 19.6 Å². The molecular weight excluding hydrogens is 362 g/mol. The number of likely N-dealkylation sites (tertiary alicyclic amines) is 1. The van der Waals surface area contributed by atoms with Gasteiger partial charge in [0.15, 0.2) is 0 Å². The fourth-order valence-electron chi connectivity index (χ4n) is 3.50. The molecule has 2 fully saturated rings. The number of hydrogen-bond acceptors (Lipinski definition) is 4. The Bertz CT molecular complexity index is 795. The molecule has 1 aliphatic heterocycles. The van der Waals surface area contributed by atoms with Gasteiger partial charge in [-0.15, -0.1) is 0 Å². The molecule has 1 aromatic rings. The van der Waals surface area contributed by atoms with Crippen molar-refractivity contribution in [3.8, 4) is 0 Å². The number of nitrogens with one attached hydrogen (secondary N) is 2. The third-order valence-electron chi connectivity index (χ3n) is 5.56. The van der Waals surface area contributed by atoms with E-state index in [1.165, 1.54) is 25.3 Å². The Hall–Kier alpha value is -1.44. The number of rotatable bonds is 7. The predicted octanol–water partition coefficient (Wildman–Crippen LogP) is 2.43. The number of carbonyl (C=O) groups is 1. The smallest absolute Gasteiger partial charge is 0.251 e. The number of nitrogens with zero attached hydrogens (tertiary/aromatic N) is 1. The van der Waals surface area contributed by atoms with Crippen LogP contribution in [-0.2, 0) is 10.0 Å². The van der Waals surface area contributed by atoms with Gasteiger partial charge in [-0.25, -0.2) is 13.1 Å². The van der Waals surface area contributed by atoms with E-state index < -0.39 is 10.0 Å². The molecule has 2 N–H and O–H groups in total. The van der Waals surface area contributed by atoms with Crippen LogP contribution in [0.4, 0.5) is 0 Å². The standard InChI is InChI=1S/C20H31N3O3S/c1-15-7-10-17(27(25,26)22-16-8-9-16)13-18(15)19(24)21-14-20(2,3)23-11-5-4-6-12-23/h7,10,13,16,22H,4-6,8-9,11-12,14H2,1-3H3,(H,21,24). The molecule has 0 atom stereocenters. The van der Waals surface area contributed by atoms with Crippen molar-refractivity contribution in [2.45, 2.75) is 69.4 Å². The monoisotopic (exact) mass is 393 g/mol. The van der Waals surface area contributed by atoms with Crippen LogP contribution in [0.15, 0.2) is 23.1 Å². The van der Waals surface area contributed by atoms with E-state index in [4.69, 9.17) is 0 Å². The van der Waals surface area contributed by atoms with Crippen LogP contribution in [0, 0.1) is 6.92 Å². The van der Waals surface area contributed by atoms with Crippen molar-refractivity contribution in [3.63, 3.8) is 0 Å². The zero-order chi connectivity index (χ0) is 19.7. The summed E-state index contributed by atoms with van der Waals surface area (Å²) in [5.41, 5.74) is 1.07. The first kappa shape index (κ1) is 20.3. The minimum absolute atomic E-state index is 0.0407. The molecule has 1 aromatic carbocycles. The Morgan fingerprint density at radius 3 is 2.48 bits per heavy atom. The minimum atomic E-state index is -3.57. The summed E-state index contributed by atoms with van der Waals surface area (Å²) in [5.74, 6) is -0.221. The molecule has 2 aliphatic rings. The molecule has 1 saturated heterocycles. The molecule has 150 valence electrons. The topological polar surface area (TPSA) is 78.5 Å². The number of piperidine rings is 1. The van der Waals surface area contributed by atoms with Crippen LogP contribution in [0.2, 0.25) is 0 Å². The van der Waals surface area contributed by atoms with E-state index in [0.29, 0.717) is 12.1 Å². The van der Waals surface area contributed by atoms with Gasteiger partial charge in [0.2, 0.25) is 10.0 Å². The van der Waals surface area contributed by atoms with Crippen LogP contribution in [0.3, 0.4) is 0 Å². The van der Waals surface area contributed by atoms with Crippen molar-refractivity contribution >= 4 is 15.9 Å². The molecule has 0 bridgehead atoms. The fourth-order valence-corrected chi connectivity index (χ4v) is 4.84. The average Bonchev–Trinajstić information content (AvgIpc) is 3.44. The van der Waals surface area contributed by atoms with Gasteiger partial charge < -0.3 is 5.32 Å². The number of benzene rings is 1. The van der Waals surface area contributed by atoms with Gasteiger partial charge >= 0.3 is 0 Å². The molecule has 7 heteroatoms. The van der Waals surface area contributed by atoms with Crippen molar-refractivity contribution < 1.29 is 13.2 Å². The molecule has 27 heavy (non-hydrogen) atoms. The lowest BCUT2D eigenvalue weighted by Gasteiger charge is -2.41. The van der Waals surface area contributed by atoms with Gasteiger partial charge in [0, 0.05) is 23.7 Å². The van der Waals surface area contributed by atoms with Crippen LogP contribution in [0.5, 0.6) is 0 Å². The third-order valence-corrected chi connectivity index (χ3v) is 7.07. The Kier molecular flexibility index (Phi) is 5.93. The Labute approximate surface area is 162 Å². The zero-order valence-electron chi connectivity index (χ0n) is 16.5. The normalized spacial score (nSPS) is 19.1. The van der Waals surface area contributed by atoms with Crippen LogP contribution >= 0.6 is 0 Å². The molecule has 0 spiro atoms. The van der Waals surface area contributed by atoms with Crippen LogP contribution < -0.4 is 10.0 Å². The van der Waals surface area contributed by atoms with E-state index in [2.05, 4.69) is 28.8 Å². The van der Waals surface area contributed by atoms with Crippen LogP contribution in [0.1, 0.15) is 61.9 Å². The van der Waals surface area contributed by atoms with Gasteiger partial charge in [-0.05, 0) is 77.2 Å². The first-order valence-corrected chi connectivity index (χ1v) is 11.3. The lowest BCUT2D eigenvalue weighted by Crippen LogP contribution is -2.53. The highest BCUT2D eigenvalue weighted by atomic mass is 32.2. The van der Waals surface area contributed by atoms with E-state index in [1.807, 2.05) is 6.92 Å². The molecule has 0 radical (unpaired) electrons. The molecular formula is C20H31N3O3S. The summed E-state index contributed by atoms with van der Waals surface area (Å²) in [6, 6.07) is 4.79. The molecule has 1 aliphatic carbocycles. The maximum absolute atomic E-state index is 12.8. The van der Waals surface area contributed by atoms with Gasteiger partial charge in [0.05, 0.1) is 4.90 Å². The van der Waals surface area contributed by atoms with Gasteiger partial charge in [-0.1, -0.05) is 12.5 Å². The minimum Gasteiger partial charge on any atom is -0.350 e. The highest BCUT2D eigenvalue weighted by Crippen LogP contribution is 2.24. The predicted molar refractivity (Wildman–Crippen MR) is 106 cm³/mol. The summed E-state index contributed by atoms with van der Waals surface area (Å²) in [7, 11) is -3.57. The number of hydrogen-bond donors (Lipinski definition) is 2. The quantitative estimate of drug-likeness (QED) is 0.746. The second-order valence-electron chi connectivity index (χ2n) is 8.42. The molecule has 3 rings (SSSR count). The van der Waals surface area contributed by atoms with E-state index in [0.717, 1.165) is 31.5 Å². The molecule has 1 saturated carbocycles. The molecule has 1 heterocycles. The SMILES string of the molecule is Cc1ccc(S(=O)(=O)NC2CC2)cc1C(=O)NCC(C)(C)N1CCCCC1. The third kappa shape index (κ3) is 5.09. The first-order valence-electron chi connectivity index (χ1n) is 9.85. The van der Waals surface area contributed by atoms with Gasteiger partial charge in [-0.2, -0.15) is 0 Å².